The Balaban J connectivity index is 4.21. The van der Waals surface area contributed by atoms with E-state index in [2.05, 4.69) is 51.3 Å². The minimum Gasteiger partial charge on any atom is -0.291 e. The summed E-state index contributed by atoms with van der Waals surface area (Å²) in [7, 11) is 0. The van der Waals surface area contributed by atoms with Crippen LogP contribution in [0.5, 0.6) is 0 Å². The fraction of sp³-hybridized carbons (Fsp3) is 0.636. The molecule has 1 nitrogen and oxygen atoms in total. The average Bonchev–Trinajstić information content (AvgIpc) is 2.06. The number of allylic oxidation sites excluding steroid dienone is 1. The van der Waals surface area contributed by atoms with Crippen LogP contribution in [0.1, 0.15) is 27.7 Å². The molecule has 0 fully saturated rings. The van der Waals surface area contributed by atoms with E-state index >= 15 is 0 Å². The van der Waals surface area contributed by atoms with Gasteiger partial charge in [0, 0.05) is 12.1 Å². The second kappa shape index (κ2) is 6.01. The fourth-order valence-electron chi connectivity index (χ4n) is 1.47. The van der Waals surface area contributed by atoms with Gasteiger partial charge in [-0.25, -0.2) is 0 Å². The molecule has 0 aliphatic rings. The van der Waals surface area contributed by atoms with Crippen molar-refractivity contribution < 1.29 is 0 Å². The molecule has 0 radical (unpaired) electrons. The van der Waals surface area contributed by atoms with Crippen molar-refractivity contribution in [1.29, 1.82) is 0 Å². The van der Waals surface area contributed by atoms with Gasteiger partial charge in [0.05, 0.1) is 0 Å². The number of likely N-dealkylation sites (N-methyl/N-ethyl adjacent to an activating group) is 1. The molecular formula is C11H21N. The van der Waals surface area contributed by atoms with Crippen molar-refractivity contribution in [3.63, 3.8) is 0 Å². The lowest BCUT2D eigenvalue weighted by Gasteiger charge is -2.29. The summed E-state index contributed by atoms with van der Waals surface area (Å²) in [4.78, 5) is 2.40. The molecule has 0 saturated carbocycles. The molecule has 0 bridgehead atoms. The average molecular weight is 167 g/mol. The third-order valence-electron chi connectivity index (χ3n) is 2.22. The second-order valence-electron chi connectivity index (χ2n) is 3.07. The van der Waals surface area contributed by atoms with E-state index in [1.165, 1.54) is 0 Å². The molecule has 0 saturated heterocycles. The Morgan fingerprint density at radius 1 is 1.33 bits per heavy atom. The minimum absolute atomic E-state index is 0.459. The number of hydrogen-bond acceptors (Lipinski definition) is 1. The van der Waals surface area contributed by atoms with Crippen LogP contribution in [0.2, 0.25) is 0 Å². The van der Waals surface area contributed by atoms with Gasteiger partial charge in [0.15, 0.2) is 0 Å². The van der Waals surface area contributed by atoms with E-state index in [-0.39, 0.29) is 0 Å². The van der Waals surface area contributed by atoms with Crippen molar-refractivity contribution >= 4 is 0 Å². The lowest BCUT2D eigenvalue weighted by atomic mass is 10.2. The van der Waals surface area contributed by atoms with Crippen molar-refractivity contribution in [3.8, 4) is 0 Å². The predicted molar refractivity (Wildman–Crippen MR) is 56.3 cm³/mol. The Morgan fingerprint density at radius 2 is 1.92 bits per heavy atom. The SMILES string of the molecule is C=CC(C)N(CC)C(C)/C=C\C. The van der Waals surface area contributed by atoms with Crippen LogP contribution in [0.4, 0.5) is 0 Å². The Kier molecular flexibility index (Phi) is 5.73. The van der Waals surface area contributed by atoms with Gasteiger partial charge in [-0.05, 0) is 27.3 Å². The maximum absolute atomic E-state index is 3.81. The van der Waals surface area contributed by atoms with Crippen LogP contribution in [-0.2, 0) is 0 Å². The largest absolute Gasteiger partial charge is 0.291 e. The highest BCUT2D eigenvalue weighted by atomic mass is 15.2. The lowest BCUT2D eigenvalue weighted by molar-refractivity contribution is 0.222. The van der Waals surface area contributed by atoms with Crippen LogP contribution in [0, 0.1) is 0 Å². The number of rotatable bonds is 5. The zero-order chi connectivity index (χ0) is 9.56. The van der Waals surface area contributed by atoms with Crippen molar-refractivity contribution in [2.45, 2.75) is 39.8 Å². The molecule has 2 unspecified atom stereocenters. The highest BCUT2D eigenvalue weighted by Gasteiger charge is 2.12. The number of hydrogen-bond donors (Lipinski definition) is 0. The molecule has 0 N–H and O–H groups in total. The Hall–Kier alpha value is -0.560. The first kappa shape index (κ1) is 11.4. The number of nitrogens with zero attached hydrogens (tertiary/aromatic N) is 1. The monoisotopic (exact) mass is 167 g/mol. The summed E-state index contributed by atoms with van der Waals surface area (Å²) < 4.78 is 0. The van der Waals surface area contributed by atoms with Crippen molar-refractivity contribution in [1.82, 2.24) is 4.90 Å². The molecule has 0 rings (SSSR count). The van der Waals surface area contributed by atoms with E-state index < -0.39 is 0 Å². The molecule has 70 valence electrons. The highest BCUT2D eigenvalue weighted by molar-refractivity contribution is 4.94. The topological polar surface area (TPSA) is 3.24 Å². The Bertz CT molecular complexity index is 149. The fourth-order valence-corrected chi connectivity index (χ4v) is 1.47. The maximum atomic E-state index is 3.81. The molecule has 0 amide bonds. The van der Waals surface area contributed by atoms with Crippen LogP contribution in [0.25, 0.3) is 0 Å². The van der Waals surface area contributed by atoms with Crippen molar-refractivity contribution in [3.05, 3.63) is 24.8 Å². The smallest absolute Gasteiger partial charge is 0.0255 e. The van der Waals surface area contributed by atoms with Crippen molar-refractivity contribution in [2.24, 2.45) is 0 Å². The Morgan fingerprint density at radius 3 is 2.25 bits per heavy atom. The third kappa shape index (κ3) is 3.22. The lowest BCUT2D eigenvalue weighted by Crippen LogP contribution is -2.37. The summed E-state index contributed by atoms with van der Waals surface area (Å²) in [6, 6.07) is 0.967. The van der Waals surface area contributed by atoms with Crippen LogP contribution in [0.3, 0.4) is 0 Å². The molecule has 2 atom stereocenters. The van der Waals surface area contributed by atoms with Gasteiger partial charge in [-0.2, -0.15) is 0 Å². The van der Waals surface area contributed by atoms with Gasteiger partial charge in [-0.1, -0.05) is 25.2 Å². The minimum atomic E-state index is 0.459. The van der Waals surface area contributed by atoms with Gasteiger partial charge in [0.25, 0.3) is 0 Å². The van der Waals surface area contributed by atoms with Gasteiger partial charge in [0.2, 0.25) is 0 Å². The predicted octanol–water partition coefficient (Wildman–Crippen LogP) is 2.85. The van der Waals surface area contributed by atoms with Gasteiger partial charge in [-0.3, -0.25) is 4.90 Å². The molecule has 0 aromatic heterocycles. The van der Waals surface area contributed by atoms with E-state index in [4.69, 9.17) is 0 Å². The van der Waals surface area contributed by atoms with Crippen LogP contribution in [0.15, 0.2) is 24.8 Å². The molecule has 0 spiro atoms. The van der Waals surface area contributed by atoms with E-state index in [1.807, 2.05) is 6.08 Å². The molecular weight excluding hydrogens is 146 g/mol. The van der Waals surface area contributed by atoms with E-state index in [1.54, 1.807) is 0 Å². The second-order valence-corrected chi connectivity index (χ2v) is 3.07. The van der Waals surface area contributed by atoms with Crippen LogP contribution in [-0.4, -0.2) is 23.5 Å². The van der Waals surface area contributed by atoms with Crippen LogP contribution < -0.4 is 0 Å². The molecule has 0 aromatic rings. The summed E-state index contributed by atoms with van der Waals surface area (Å²) in [5.41, 5.74) is 0. The van der Waals surface area contributed by atoms with Gasteiger partial charge >= 0.3 is 0 Å². The first-order valence-corrected chi connectivity index (χ1v) is 4.68. The first-order valence-electron chi connectivity index (χ1n) is 4.68. The maximum Gasteiger partial charge on any atom is 0.0255 e. The zero-order valence-corrected chi connectivity index (χ0v) is 8.75. The molecule has 1 heteroatoms. The molecule has 0 heterocycles. The molecule has 12 heavy (non-hydrogen) atoms. The molecule has 0 aliphatic carbocycles. The normalized spacial score (nSPS) is 16.8. The van der Waals surface area contributed by atoms with E-state index in [0.29, 0.717) is 12.1 Å². The molecule has 0 aliphatic heterocycles. The summed E-state index contributed by atoms with van der Waals surface area (Å²) in [5.74, 6) is 0. The highest BCUT2D eigenvalue weighted by Crippen LogP contribution is 2.06. The summed E-state index contributed by atoms with van der Waals surface area (Å²) in [6.07, 6.45) is 6.30. The van der Waals surface area contributed by atoms with Gasteiger partial charge in [-0.15, -0.1) is 6.58 Å². The van der Waals surface area contributed by atoms with E-state index in [9.17, 15) is 0 Å². The zero-order valence-electron chi connectivity index (χ0n) is 8.75. The molecule has 0 aromatic carbocycles. The third-order valence-corrected chi connectivity index (χ3v) is 2.22. The summed E-state index contributed by atoms with van der Waals surface area (Å²) >= 11 is 0. The summed E-state index contributed by atoms with van der Waals surface area (Å²) in [6.45, 7) is 13.5. The van der Waals surface area contributed by atoms with Gasteiger partial charge < -0.3 is 0 Å². The van der Waals surface area contributed by atoms with E-state index in [0.717, 1.165) is 6.54 Å². The standard InChI is InChI=1S/C11H21N/c1-6-9-11(5)12(8-3)10(4)7-2/h6-7,9-11H,2,8H2,1,3-5H3/b9-6-. The quantitative estimate of drug-likeness (QED) is 0.569. The summed E-state index contributed by atoms with van der Waals surface area (Å²) in [5, 5.41) is 0. The first-order chi connectivity index (χ1) is 5.67. The van der Waals surface area contributed by atoms with Crippen LogP contribution >= 0.6 is 0 Å². The van der Waals surface area contributed by atoms with Gasteiger partial charge in [0.1, 0.15) is 0 Å². The Labute approximate surface area is 76.8 Å². The van der Waals surface area contributed by atoms with Crippen molar-refractivity contribution in [2.75, 3.05) is 6.54 Å².